The van der Waals surface area contributed by atoms with E-state index in [1.807, 2.05) is 62.4 Å². The van der Waals surface area contributed by atoms with Crippen LogP contribution in [0.5, 0.6) is 0 Å². The van der Waals surface area contributed by atoms with Gasteiger partial charge in [-0.3, -0.25) is 9.78 Å². The molecule has 0 unspecified atom stereocenters. The number of carbonyl (C=O) groups excluding carboxylic acids is 1. The largest absolute Gasteiger partial charge is 0.338 e. The van der Waals surface area contributed by atoms with Gasteiger partial charge in [-0.25, -0.2) is 4.98 Å². The fourth-order valence-corrected chi connectivity index (χ4v) is 3.05. The minimum absolute atomic E-state index is 0.171. The molecule has 5 heteroatoms. The van der Waals surface area contributed by atoms with E-state index in [2.05, 4.69) is 20.6 Å². The van der Waals surface area contributed by atoms with E-state index in [-0.39, 0.29) is 5.91 Å². The van der Waals surface area contributed by atoms with E-state index in [0.29, 0.717) is 11.4 Å². The van der Waals surface area contributed by atoms with Crippen LogP contribution >= 0.6 is 0 Å². The Hall–Kier alpha value is -3.73. The van der Waals surface area contributed by atoms with E-state index in [1.165, 1.54) is 0 Å². The van der Waals surface area contributed by atoms with E-state index < -0.39 is 0 Å². The molecule has 4 aromatic rings. The molecule has 0 aliphatic heterocycles. The summed E-state index contributed by atoms with van der Waals surface area (Å²) >= 11 is 0. The molecule has 0 radical (unpaired) electrons. The van der Waals surface area contributed by atoms with Crippen LogP contribution in [-0.4, -0.2) is 15.9 Å². The van der Waals surface area contributed by atoms with Crippen molar-refractivity contribution in [3.8, 4) is 0 Å². The van der Waals surface area contributed by atoms with Crippen LogP contribution in [-0.2, 0) is 0 Å². The number of hydrogen-bond donors (Lipinski definition) is 2. The summed E-state index contributed by atoms with van der Waals surface area (Å²) in [5.74, 6) is 0.418. The number of benzene rings is 2. The molecular formula is C23H20N4O. The Balaban J connectivity index is 1.59. The number of pyridine rings is 2. The van der Waals surface area contributed by atoms with Crippen molar-refractivity contribution < 1.29 is 4.79 Å². The van der Waals surface area contributed by atoms with Crippen LogP contribution in [0.4, 0.5) is 17.2 Å². The Bertz CT molecular complexity index is 1160. The third-order valence-electron chi connectivity index (χ3n) is 4.56. The molecule has 0 bridgehead atoms. The van der Waals surface area contributed by atoms with Gasteiger partial charge in [-0.2, -0.15) is 0 Å². The van der Waals surface area contributed by atoms with Gasteiger partial charge in [0, 0.05) is 29.0 Å². The maximum atomic E-state index is 12.7. The van der Waals surface area contributed by atoms with Crippen molar-refractivity contribution in [1.29, 1.82) is 0 Å². The summed E-state index contributed by atoms with van der Waals surface area (Å²) in [6.45, 7) is 3.98. The van der Waals surface area contributed by atoms with Crippen LogP contribution in [0.2, 0.25) is 0 Å². The molecule has 0 saturated heterocycles. The molecule has 5 nitrogen and oxygen atoms in total. The van der Waals surface area contributed by atoms with E-state index in [0.717, 1.165) is 33.4 Å². The van der Waals surface area contributed by atoms with Gasteiger partial charge in [0.2, 0.25) is 0 Å². The maximum absolute atomic E-state index is 12.7. The van der Waals surface area contributed by atoms with E-state index in [9.17, 15) is 4.79 Å². The highest BCUT2D eigenvalue weighted by Gasteiger charge is 2.10. The number of carbonyl (C=O) groups is 1. The van der Waals surface area contributed by atoms with E-state index >= 15 is 0 Å². The Morgan fingerprint density at radius 2 is 1.71 bits per heavy atom. The molecule has 0 aliphatic rings. The zero-order valence-corrected chi connectivity index (χ0v) is 15.7. The second kappa shape index (κ2) is 7.48. The van der Waals surface area contributed by atoms with Crippen LogP contribution in [0.3, 0.4) is 0 Å². The highest BCUT2D eigenvalue weighted by atomic mass is 16.1. The topological polar surface area (TPSA) is 66.9 Å². The summed E-state index contributed by atoms with van der Waals surface area (Å²) in [6.07, 6.45) is 3.38. The molecule has 2 heterocycles. The molecule has 2 N–H and O–H groups in total. The molecule has 4 rings (SSSR count). The van der Waals surface area contributed by atoms with Crippen LogP contribution in [0.1, 0.15) is 21.5 Å². The predicted molar refractivity (Wildman–Crippen MR) is 113 cm³/mol. The molecule has 0 spiro atoms. The van der Waals surface area contributed by atoms with Gasteiger partial charge in [0.15, 0.2) is 0 Å². The zero-order chi connectivity index (χ0) is 19.5. The third kappa shape index (κ3) is 3.69. The summed E-state index contributed by atoms with van der Waals surface area (Å²) in [6, 6.07) is 19.3. The van der Waals surface area contributed by atoms with Crippen molar-refractivity contribution in [1.82, 2.24) is 9.97 Å². The molecule has 28 heavy (non-hydrogen) atoms. The first-order valence-electron chi connectivity index (χ1n) is 9.05. The third-order valence-corrected chi connectivity index (χ3v) is 4.56. The molecule has 138 valence electrons. The minimum Gasteiger partial charge on any atom is -0.338 e. The summed E-state index contributed by atoms with van der Waals surface area (Å²) in [4.78, 5) is 21.5. The number of aromatic nitrogens is 2. The molecule has 0 saturated carbocycles. The van der Waals surface area contributed by atoms with Crippen LogP contribution in [0, 0.1) is 13.8 Å². The van der Waals surface area contributed by atoms with Crippen LogP contribution in [0.15, 0.2) is 73.1 Å². The summed E-state index contributed by atoms with van der Waals surface area (Å²) in [5, 5.41) is 7.29. The lowest BCUT2D eigenvalue weighted by Gasteiger charge is -2.11. The quantitative estimate of drug-likeness (QED) is 0.517. The number of nitrogens with zero attached hydrogens (tertiary/aromatic N) is 2. The fraction of sp³-hybridized carbons (Fsp3) is 0.0870. The number of para-hydroxylation sites is 1. The number of nitrogens with one attached hydrogen (secondary N) is 2. The Morgan fingerprint density at radius 3 is 2.61 bits per heavy atom. The second-order valence-corrected chi connectivity index (χ2v) is 6.71. The Labute approximate surface area is 163 Å². The van der Waals surface area contributed by atoms with Crippen molar-refractivity contribution in [3.05, 3.63) is 89.7 Å². The standard InChI is InChI=1S/C23H20N4O/c1-15-8-9-16(2)20(13-15)27-23(28)18-10-12-24-21(14-18)26-19-7-3-5-17-6-4-11-25-22(17)19/h3-14H,1-2H3,(H,24,26)(H,27,28). The monoisotopic (exact) mass is 368 g/mol. The number of amides is 1. The molecule has 1 amide bonds. The lowest BCUT2D eigenvalue weighted by atomic mass is 10.1. The molecule has 0 fully saturated rings. The SMILES string of the molecule is Cc1ccc(C)c(NC(=O)c2ccnc(Nc3cccc4cccnc34)c2)c1. The smallest absolute Gasteiger partial charge is 0.255 e. The molecule has 0 aliphatic carbocycles. The summed E-state index contributed by atoms with van der Waals surface area (Å²) in [5.41, 5.74) is 5.17. The number of anilines is 3. The predicted octanol–water partition coefficient (Wildman–Crippen LogP) is 5.24. The van der Waals surface area contributed by atoms with Crippen molar-refractivity contribution in [2.45, 2.75) is 13.8 Å². The normalized spacial score (nSPS) is 10.6. The van der Waals surface area contributed by atoms with E-state index in [4.69, 9.17) is 0 Å². The minimum atomic E-state index is -0.171. The zero-order valence-electron chi connectivity index (χ0n) is 15.7. The van der Waals surface area contributed by atoms with Crippen molar-refractivity contribution in [3.63, 3.8) is 0 Å². The number of fused-ring (bicyclic) bond motifs is 1. The fourth-order valence-electron chi connectivity index (χ4n) is 3.05. The lowest BCUT2D eigenvalue weighted by molar-refractivity contribution is 0.102. The van der Waals surface area contributed by atoms with Crippen LogP contribution < -0.4 is 10.6 Å². The number of rotatable bonds is 4. The molecule has 2 aromatic heterocycles. The van der Waals surface area contributed by atoms with Gasteiger partial charge in [-0.05, 0) is 55.3 Å². The van der Waals surface area contributed by atoms with Gasteiger partial charge < -0.3 is 10.6 Å². The van der Waals surface area contributed by atoms with Crippen molar-refractivity contribution >= 4 is 34.0 Å². The average molecular weight is 368 g/mol. The number of aryl methyl sites for hydroxylation is 2. The number of hydrogen-bond acceptors (Lipinski definition) is 4. The Morgan fingerprint density at radius 1 is 0.857 bits per heavy atom. The first-order chi connectivity index (χ1) is 13.6. The molecular weight excluding hydrogens is 348 g/mol. The molecule has 2 aromatic carbocycles. The molecule has 0 atom stereocenters. The van der Waals surface area contributed by atoms with Gasteiger partial charge >= 0.3 is 0 Å². The highest BCUT2D eigenvalue weighted by molar-refractivity contribution is 6.05. The lowest BCUT2D eigenvalue weighted by Crippen LogP contribution is -2.13. The van der Waals surface area contributed by atoms with Gasteiger partial charge in [0.25, 0.3) is 5.91 Å². The second-order valence-electron chi connectivity index (χ2n) is 6.71. The van der Waals surface area contributed by atoms with Crippen molar-refractivity contribution in [2.24, 2.45) is 0 Å². The Kier molecular flexibility index (Phi) is 4.72. The van der Waals surface area contributed by atoms with Gasteiger partial charge in [0.05, 0.1) is 11.2 Å². The van der Waals surface area contributed by atoms with Gasteiger partial charge in [-0.1, -0.05) is 30.3 Å². The first kappa shape index (κ1) is 17.7. The van der Waals surface area contributed by atoms with Gasteiger partial charge in [-0.15, -0.1) is 0 Å². The first-order valence-corrected chi connectivity index (χ1v) is 9.05. The summed E-state index contributed by atoms with van der Waals surface area (Å²) in [7, 11) is 0. The summed E-state index contributed by atoms with van der Waals surface area (Å²) < 4.78 is 0. The van der Waals surface area contributed by atoms with Crippen molar-refractivity contribution in [2.75, 3.05) is 10.6 Å². The average Bonchev–Trinajstić information content (AvgIpc) is 2.71. The van der Waals surface area contributed by atoms with Gasteiger partial charge in [0.1, 0.15) is 5.82 Å². The highest BCUT2D eigenvalue weighted by Crippen LogP contribution is 2.24. The maximum Gasteiger partial charge on any atom is 0.255 e. The van der Waals surface area contributed by atoms with E-state index in [1.54, 1.807) is 24.5 Å². The van der Waals surface area contributed by atoms with Crippen LogP contribution in [0.25, 0.3) is 10.9 Å².